The zero-order valence-corrected chi connectivity index (χ0v) is 20.1. The summed E-state index contributed by atoms with van der Waals surface area (Å²) in [7, 11) is 0. The topological polar surface area (TPSA) is 92.3 Å². The number of hydrogen-bond donors (Lipinski definition) is 1. The maximum absolute atomic E-state index is 12.6. The summed E-state index contributed by atoms with van der Waals surface area (Å²) in [5.74, 6) is -0.837. The average Bonchev–Trinajstić information content (AvgIpc) is 2.85. The van der Waals surface area contributed by atoms with Gasteiger partial charge in [0, 0.05) is 12.0 Å². The Morgan fingerprint density at radius 2 is 1.83 bits per heavy atom. The van der Waals surface area contributed by atoms with Gasteiger partial charge < -0.3 is 29.0 Å². The number of hydrogen-bond acceptors (Lipinski definition) is 7. The predicted octanol–water partition coefficient (Wildman–Crippen LogP) is 3.40. The van der Waals surface area contributed by atoms with Crippen LogP contribution in [0.2, 0.25) is 0 Å². The fraction of sp³-hybridized carbons (Fsp3) is 0.407. The number of carbonyl (C=O) groups is 2. The van der Waals surface area contributed by atoms with Crippen LogP contribution in [0.25, 0.3) is 0 Å². The normalized spacial score (nSPS) is 23.6. The van der Waals surface area contributed by atoms with E-state index < -0.39 is 24.1 Å². The number of amides is 1. The van der Waals surface area contributed by atoms with Crippen LogP contribution in [0.15, 0.2) is 66.7 Å². The summed E-state index contributed by atoms with van der Waals surface area (Å²) in [6.45, 7) is 6.14. The van der Waals surface area contributed by atoms with E-state index in [1.54, 1.807) is 43.3 Å². The molecular formula is C27H31NO7. The Bertz CT molecular complexity index is 1040. The van der Waals surface area contributed by atoms with Gasteiger partial charge in [0.1, 0.15) is 24.0 Å². The minimum absolute atomic E-state index is 0.174. The summed E-state index contributed by atoms with van der Waals surface area (Å²) in [6, 6.07) is 15.2. The molecule has 2 aromatic carbocycles. The van der Waals surface area contributed by atoms with E-state index in [1.807, 2.05) is 44.2 Å². The lowest BCUT2D eigenvalue weighted by molar-refractivity contribution is -0.314. The molecule has 0 unspecified atom stereocenters. The molecule has 1 saturated heterocycles. The zero-order valence-electron chi connectivity index (χ0n) is 20.1. The molecule has 8 heteroatoms. The highest BCUT2D eigenvalue weighted by molar-refractivity contribution is 5.96. The van der Waals surface area contributed by atoms with Crippen molar-refractivity contribution >= 4 is 11.9 Å². The van der Waals surface area contributed by atoms with Crippen LogP contribution >= 0.6 is 0 Å². The molecule has 0 spiro atoms. The minimum Gasteiger partial charge on any atom is -0.464 e. The molecule has 0 aromatic heterocycles. The molecule has 4 rings (SSSR count). The van der Waals surface area contributed by atoms with Crippen molar-refractivity contribution in [3.8, 4) is 5.75 Å². The lowest BCUT2D eigenvalue weighted by Crippen LogP contribution is -2.52. The minimum atomic E-state index is -0.813. The third-order valence-corrected chi connectivity index (χ3v) is 5.68. The Labute approximate surface area is 205 Å². The third kappa shape index (κ3) is 6.69. The first-order chi connectivity index (χ1) is 16.8. The van der Waals surface area contributed by atoms with Gasteiger partial charge in [-0.15, -0.1) is 0 Å². The molecule has 1 N–H and O–H groups in total. The number of esters is 1. The number of fused-ring (bicyclic) bond motifs is 1. The van der Waals surface area contributed by atoms with E-state index in [9.17, 15) is 9.59 Å². The van der Waals surface area contributed by atoms with Gasteiger partial charge in [0.15, 0.2) is 5.79 Å². The fourth-order valence-electron chi connectivity index (χ4n) is 3.92. The number of carbonyl (C=O) groups excluding carboxylic acids is 2. The van der Waals surface area contributed by atoms with Crippen molar-refractivity contribution in [2.45, 2.75) is 57.5 Å². The summed E-state index contributed by atoms with van der Waals surface area (Å²) in [5.41, 5.74) is 1.32. The van der Waals surface area contributed by atoms with E-state index in [-0.39, 0.29) is 31.1 Å². The summed E-state index contributed by atoms with van der Waals surface area (Å²) >= 11 is 0. The second-order valence-corrected chi connectivity index (χ2v) is 8.83. The first-order valence-corrected chi connectivity index (χ1v) is 11.8. The largest absolute Gasteiger partial charge is 0.464 e. The molecule has 8 nitrogen and oxygen atoms in total. The monoisotopic (exact) mass is 481 g/mol. The predicted molar refractivity (Wildman–Crippen MR) is 128 cm³/mol. The SMILES string of the molecule is CCOC(=O)[C@H](Cc1ccc(O[C@@H]2C=C[C@@H]3OC(C)(C)OC[C@H]3O2)cc1)NC(=O)c1ccccc1. The van der Waals surface area contributed by atoms with Gasteiger partial charge in [0.05, 0.1) is 13.2 Å². The maximum atomic E-state index is 12.6. The van der Waals surface area contributed by atoms with Gasteiger partial charge in [0.2, 0.25) is 6.29 Å². The van der Waals surface area contributed by atoms with Crippen LogP contribution in [0.3, 0.4) is 0 Å². The Balaban J connectivity index is 1.37. The molecule has 1 amide bonds. The third-order valence-electron chi connectivity index (χ3n) is 5.68. The number of benzene rings is 2. The van der Waals surface area contributed by atoms with Gasteiger partial charge in [-0.25, -0.2) is 4.79 Å². The van der Waals surface area contributed by atoms with Gasteiger partial charge in [-0.2, -0.15) is 0 Å². The van der Waals surface area contributed by atoms with Crippen molar-refractivity contribution in [2.24, 2.45) is 0 Å². The van der Waals surface area contributed by atoms with Crippen molar-refractivity contribution < 1.29 is 33.3 Å². The molecule has 186 valence electrons. The second kappa shape index (κ2) is 11.0. The molecular weight excluding hydrogens is 450 g/mol. The molecule has 4 atom stereocenters. The van der Waals surface area contributed by atoms with E-state index in [4.69, 9.17) is 23.7 Å². The number of nitrogens with one attached hydrogen (secondary N) is 1. The van der Waals surface area contributed by atoms with Crippen LogP contribution in [0, 0.1) is 0 Å². The van der Waals surface area contributed by atoms with Crippen LogP contribution in [-0.2, 0) is 30.2 Å². The van der Waals surface area contributed by atoms with Gasteiger partial charge in [-0.05, 0) is 56.7 Å². The summed E-state index contributed by atoms with van der Waals surface area (Å²) in [6.07, 6.45) is 3.07. The molecule has 2 aliphatic heterocycles. The molecule has 0 aliphatic carbocycles. The van der Waals surface area contributed by atoms with Crippen LogP contribution < -0.4 is 10.1 Å². The lowest BCUT2D eigenvalue weighted by atomic mass is 10.0. The highest BCUT2D eigenvalue weighted by atomic mass is 16.8. The Kier molecular flexibility index (Phi) is 7.85. The fourth-order valence-corrected chi connectivity index (χ4v) is 3.92. The average molecular weight is 482 g/mol. The lowest BCUT2D eigenvalue weighted by Gasteiger charge is -2.42. The molecule has 2 aromatic rings. The Morgan fingerprint density at radius 1 is 1.09 bits per heavy atom. The molecule has 0 saturated carbocycles. The Morgan fingerprint density at radius 3 is 2.54 bits per heavy atom. The van der Waals surface area contributed by atoms with Crippen molar-refractivity contribution in [2.75, 3.05) is 13.2 Å². The molecule has 1 fully saturated rings. The highest BCUT2D eigenvalue weighted by Crippen LogP contribution is 2.29. The van der Waals surface area contributed by atoms with E-state index >= 15 is 0 Å². The Hall–Kier alpha value is -3.20. The van der Waals surface area contributed by atoms with Gasteiger partial charge in [-0.3, -0.25) is 4.79 Å². The molecule has 2 aliphatic rings. The smallest absolute Gasteiger partial charge is 0.328 e. The van der Waals surface area contributed by atoms with Crippen LogP contribution in [0.1, 0.15) is 36.7 Å². The van der Waals surface area contributed by atoms with E-state index in [0.717, 1.165) is 5.56 Å². The first-order valence-electron chi connectivity index (χ1n) is 11.8. The van der Waals surface area contributed by atoms with Crippen LogP contribution in [0.4, 0.5) is 0 Å². The standard InChI is InChI=1S/C27H31NO7/c1-4-31-26(30)21(28-25(29)19-8-6-5-7-9-19)16-18-10-12-20(13-11-18)33-24-15-14-22-23(34-24)17-32-27(2,3)35-22/h5-15,21-24H,4,16-17H2,1-3H3,(H,28,29)/t21-,22-,23+,24-/m0/s1. The van der Waals surface area contributed by atoms with Crippen molar-refractivity contribution in [3.63, 3.8) is 0 Å². The molecule has 0 bridgehead atoms. The van der Waals surface area contributed by atoms with E-state index in [2.05, 4.69) is 5.32 Å². The summed E-state index contributed by atoms with van der Waals surface area (Å²) in [4.78, 5) is 25.1. The van der Waals surface area contributed by atoms with E-state index in [0.29, 0.717) is 17.9 Å². The number of rotatable bonds is 8. The molecule has 0 radical (unpaired) electrons. The molecule has 35 heavy (non-hydrogen) atoms. The van der Waals surface area contributed by atoms with Crippen LogP contribution in [-0.4, -0.2) is 55.4 Å². The first kappa shape index (κ1) is 24.9. The summed E-state index contributed by atoms with van der Waals surface area (Å²) in [5, 5.41) is 2.78. The number of ether oxygens (including phenoxy) is 5. The zero-order chi connectivity index (χ0) is 24.8. The van der Waals surface area contributed by atoms with Crippen molar-refractivity contribution in [1.82, 2.24) is 5.32 Å². The van der Waals surface area contributed by atoms with E-state index in [1.165, 1.54) is 0 Å². The van der Waals surface area contributed by atoms with Crippen LogP contribution in [0.5, 0.6) is 5.75 Å². The van der Waals surface area contributed by atoms with Gasteiger partial charge >= 0.3 is 5.97 Å². The maximum Gasteiger partial charge on any atom is 0.328 e. The van der Waals surface area contributed by atoms with Crippen molar-refractivity contribution in [3.05, 3.63) is 77.9 Å². The summed E-state index contributed by atoms with van der Waals surface area (Å²) < 4.78 is 28.6. The highest BCUT2D eigenvalue weighted by Gasteiger charge is 2.39. The van der Waals surface area contributed by atoms with Gasteiger partial charge in [-0.1, -0.05) is 36.4 Å². The quantitative estimate of drug-likeness (QED) is 0.456. The molecule has 2 heterocycles. The van der Waals surface area contributed by atoms with Gasteiger partial charge in [0.25, 0.3) is 5.91 Å². The second-order valence-electron chi connectivity index (χ2n) is 8.83. The van der Waals surface area contributed by atoms with Crippen molar-refractivity contribution in [1.29, 1.82) is 0 Å².